The van der Waals surface area contributed by atoms with E-state index in [9.17, 15) is 4.79 Å². The Balaban J connectivity index is 1.39. The minimum Gasteiger partial charge on any atom is -0.486 e. The highest BCUT2D eigenvalue weighted by atomic mass is 35.5. The maximum atomic E-state index is 13.0. The SMILES string of the molecule is CC[C@@H]1Cn2c(C(=O)NCCc3c[nH]c4ccccc34)cc3c(Cl)ccc(c32)O1. The van der Waals surface area contributed by atoms with Gasteiger partial charge in [0, 0.05) is 29.0 Å². The highest BCUT2D eigenvalue weighted by molar-refractivity contribution is 6.36. The molecule has 4 aromatic rings. The zero-order valence-electron chi connectivity index (χ0n) is 16.2. The van der Waals surface area contributed by atoms with Crippen molar-refractivity contribution >= 4 is 39.3 Å². The Bertz CT molecular complexity index is 1220. The highest BCUT2D eigenvalue weighted by Crippen LogP contribution is 2.38. The molecule has 5 rings (SSSR count). The predicted octanol–water partition coefficient (Wildman–Crippen LogP) is 4.92. The average Bonchev–Trinajstić information content (AvgIpc) is 3.33. The van der Waals surface area contributed by atoms with E-state index in [2.05, 4.69) is 33.9 Å². The maximum Gasteiger partial charge on any atom is 0.267 e. The number of halogens is 1. The number of aromatic amines is 1. The summed E-state index contributed by atoms with van der Waals surface area (Å²) in [4.78, 5) is 16.3. The molecule has 0 unspecified atom stereocenters. The summed E-state index contributed by atoms with van der Waals surface area (Å²) >= 11 is 6.39. The molecule has 2 aromatic carbocycles. The fourth-order valence-corrected chi connectivity index (χ4v) is 4.37. The van der Waals surface area contributed by atoms with Gasteiger partial charge in [0.05, 0.1) is 17.1 Å². The number of hydrogen-bond donors (Lipinski definition) is 2. The van der Waals surface area contributed by atoms with Crippen LogP contribution in [-0.4, -0.2) is 28.1 Å². The van der Waals surface area contributed by atoms with E-state index in [1.54, 1.807) is 0 Å². The minimum absolute atomic E-state index is 0.0528. The Morgan fingerprint density at radius 3 is 3.00 bits per heavy atom. The van der Waals surface area contributed by atoms with Gasteiger partial charge in [-0.15, -0.1) is 0 Å². The standard InChI is InChI=1S/C23H22ClN3O2/c1-2-15-13-27-20(11-17-18(24)7-8-21(29-15)22(17)27)23(28)25-10-9-14-12-26-19-6-4-3-5-16(14)19/h3-8,11-12,15,26H,2,9-10,13H2,1H3,(H,25,28)/t15-/m1/s1. The second-order valence-corrected chi connectivity index (χ2v) is 7.87. The first kappa shape index (κ1) is 18.1. The van der Waals surface area contributed by atoms with Gasteiger partial charge in [0.15, 0.2) is 0 Å². The molecular formula is C23H22ClN3O2. The molecule has 1 aliphatic heterocycles. The van der Waals surface area contributed by atoms with Crippen molar-refractivity contribution in [3.63, 3.8) is 0 Å². The number of aromatic nitrogens is 2. The first-order valence-electron chi connectivity index (χ1n) is 9.97. The lowest BCUT2D eigenvalue weighted by molar-refractivity contribution is 0.0938. The average molecular weight is 408 g/mol. The minimum atomic E-state index is -0.0835. The van der Waals surface area contributed by atoms with Crippen LogP contribution in [0.15, 0.2) is 48.7 Å². The van der Waals surface area contributed by atoms with E-state index in [4.69, 9.17) is 16.3 Å². The van der Waals surface area contributed by atoms with Crippen LogP contribution in [0.3, 0.4) is 0 Å². The van der Waals surface area contributed by atoms with Crippen LogP contribution in [0.25, 0.3) is 21.8 Å². The van der Waals surface area contributed by atoms with Gasteiger partial charge in [0.2, 0.25) is 0 Å². The van der Waals surface area contributed by atoms with E-state index < -0.39 is 0 Å². The van der Waals surface area contributed by atoms with E-state index in [0.29, 0.717) is 23.8 Å². The maximum absolute atomic E-state index is 13.0. The van der Waals surface area contributed by atoms with Crippen molar-refractivity contribution in [3.05, 3.63) is 64.9 Å². The first-order chi connectivity index (χ1) is 14.2. The summed E-state index contributed by atoms with van der Waals surface area (Å²) in [7, 11) is 0. The summed E-state index contributed by atoms with van der Waals surface area (Å²) in [6, 6.07) is 13.8. The van der Waals surface area contributed by atoms with Crippen LogP contribution in [0.1, 0.15) is 29.4 Å². The molecule has 148 valence electrons. The molecule has 6 heteroatoms. The molecule has 0 bridgehead atoms. The number of carbonyl (C=O) groups excluding carboxylic acids is 1. The Hall–Kier alpha value is -2.92. The van der Waals surface area contributed by atoms with Crippen LogP contribution in [0.4, 0.5) is 0 Å². The van der Waals surface area contributed by atoms with Gasteiger partial charge in [0.25, 0.3) is 5.91 Å². The largest absolute Gasteiger partial charge is 0.486 e. The summed E-state index contributed by atoms with van der Waals surface area (Å²) in [6.07, 6.45) is 3.71. The lowest BCUT2D eigenvalue weighted by Crippen LogP contribution is -2.32. The topological polar surface area (TPSA) is 59.0 Å². The van der Waals surface area contributed by atoms with Crippen molar-refractivity contribution in [3.8, 4) is 5.75 Å². The molecule has 0 fully saturated rings. The van der Waals surface area contributed by atoms with Gasteiger partial charge in [-0.1, -0.05) is 36.7 Å². The molecule has 0 spiro atoms. The number of amides is 1. The summed E-state index contributed by atoms with van der Waals surface area (Å²) in [6.45, 7) is 3.31. The summed E-state index contributed by atoms with van der Waals surface area (Å²) in [5, 5.41) is 5.77. The number of ether oxygens (including phenoxy) is 1. The van der Waals surface area contributed by atoms with Gasteiger partial charge in [0.1, 0.15) is 17.5 Å². The van der Waals surface area contributed by atoms with E-state index in [0.717, 1.165) is 35.0 Å². The molecule has 1 aliphatic rings. The molecular weight excluding hydrogens is 386 g/mol. The fraction of sp³-hybridized carbons (Fsp3) is 0.261. The smallest absolute Gasteiger partial charge is 0.267 e. The number of rotatable bonds is 5. The summed E-state index contributed by atoms with van der Waals surface area (Å²) in [5.74, 6) is 0.708. The number of benzene rings is 2. The number of nitrogens with one attached hydrogen (secondary N) is 2. The number of nitrogens with zero attached hydrogens (tertiary/aromatic N) is 1. The lowest BCUT2D eigenvalue weighted by atomic mass is 10.1. The molecule has 2 N–H and O–H groups in total. The molecule has 0 aliphatic carbocycles. The fourth-order valence-electron chi connectivity index (χ4n) is 4.16. The Morgan fingerprint density at radius 1 is 1.28 bits per heavy atom. The van der Waals surface area contributed by atoms with E-state index in [-0.39, 0.29) is 12.0 Å². The van der Waals surface area contributed by atoms with Crippen molar-refractivity contribution in [2.75, 3.05) is 6.54 Å². The van der Waals surface area contributed by atoms with Crippen LogP contribution in [-0.2, 0) is 13.0 Å². The molecule has 2 aromatic heterocycles. The predicted molar refractivity (Wildman–Crippen MR) is 116 cm³/mol. The van der Waals surface area contributed by atoms with E-state index in [1.807, 2.05) is 36.5 Å². The first-order valence-corrected chi connectivity index (χ1v) is 10.3. The van der Waals surface area contributed by atoms with Gasteiger partial charge in [-0.3, -0.25) is 4.79 Å². The number of hydrogen-bond acceptors (Lipinski definition) is 2. The second-order valence-electron chi connectivity index (χ2n) is 7.46. The normalized spacial score (nSPS) is 15.6. The summed E-state index contributed by atoms with van der Waals surface area (Å²) < 4.78 is 8.11. The van der Waals surface area contributed by atoms with E-state index in [1.165, 1.54) is 10.9 Å². The van der Waals surface area contributed by atoms with Gasteiger partial charge < -0.3 is 19.6 Å². The number of fused-ring (bicyclic) bond motifs is 1. The van der Waals surface area contributed by atoms with Crippen molar-refractivity contribution in [2.45, 2.75) is 32.4 Å². The van der Waals surface area contributed by atoms with Gasteiger partial charge >= 0.3 is 0 Å². The number of H-pyrrole nitrogens is 1. The molecule has 3 heterocycles. The third-order valence-electron chi connectivity index (χ3n) is 5.69. The molecule has 1 atom stereocenters. The molecule has 29 heavy (non-hydrogen) atoms. The van der Waals surface area contributed by atoms with Crippen LogP contribution >= 0.6 is 11.6 Å². The van der Waals surface area contributed by atoms with Gasteiger partial charge in [-0.2, -0.15) is 0 Å². The number of para-hydroxylation sites is 1. The van der Waals surface area contributed by atoms with Gasteiger partial charge in [-0.25, -0.2) is 0 Å². The van der Waals surface area contributed by atoms with Crippen LogP contribution in [0.2, 0.25) is 5.02 Å². The highest BCUT2D eigenvalue weighted by Gasteiger charge is 2.26. The van der Waals surface area contributed by atoms with Crippen molar-refractivity contribution in [2.24, 2.45) is 0 Å². The van der Waals surface area contributed by atoms with Crippen LogP contribution < -0.4 is 10.1 Å². The van der Waals surface area contributed by atoms with Crippen LogP contribution in [0, 0.1) is 0 Å². The third kappa shape index (κ3) is 3.06. The van der Waals surface area contributed by atoms with Crippen molar-refractivity contribution < 1.29 is 9.53 Å². The van der Waals surface area contributed by atoms with Crippen molar-refractivity contribution in [1.29, 1.82) is 0 Å². The van der Waals surface area contributed by atoms with Crippen LogP contribution in [0.5, 0.6) is 5.75 Å². The monoisotopic (exact) mass is 407 g/mol. The zero-order valence-corrected chi connectivity index (χ0v) is 16.9. The Labute approximate surface area is 173 Å². The van der Waals surface area contributed by atoms with Gasteiger partial charge in [-0.05, 0) is 42.7 Å². The Kier molecular flexibility index (Phi) is 4.47. The van der Waals surface area contributed by atoms with E-state index >= 15 is 0 Å². The molecule has 5 nitrogen and oxygen atoms in total. The number of carbonyl (C=O) groups is 1. The quantitative estimate of drug-likeness (QED) is 0.493. The molecule has 0 saturated heterocycles. The lowest BCUT2D eigenvalue weighted by Gasteiger charge is -2.26. The second kappa shape index (κ2) is 7.16. The Morgan fingerprint density at radius 2 is 2.14 bits per heavy atom. The third-order valence-corrected chi connectivity index (χ3v) is 6.02. The zero-order chi connectivity index (χ0) is 20.0. The molecule has 1 amide bonds. The summed E-state index contributed by atoms with van der Waals surface area (Å²) in [5.41, 5.74) is 3.86. The molecule has 0 radical (unpaired) electrons. The molecule has 0 saturated carbocycles. The van der Waals surface area contributed by atoms with Crippen molar-refractivity contribution in [1.82, 2.24) is 14.9 Å².